The van der Waals surface area contributed by atoms with Crippen LogP contribution in [0.25, 0.3) is 0 Å². The number of pyridine rings is 1. The molecule has 2 rings (SSSR count). The van der Waals surface area contributed by atoms with Crippen molar-refractivity contribution in [2.45, 2.75) is 19.4 Å². The highest BCUT2D eigenvalue weighted by molar-refractivity contribution is 6.31. The van der Waals surface area contributed by atoms with E-state index in [1.807, 2.05) is 25.1 Å². The van der Waals surface area contributed by atoms with Crippen LogP contribution in [0, 0.1) is 6.92 Å². The third kappa shape index (κ3) is 3.56. The highest BCUT2D eigenvalue weighted by Gasteiger charge is 2.12. The molecule has 0 saturated heterocycles. The van der Waals surface area contributed by atoms with Crippen LogP contribution < -0.4 is 9.47 Å². The van der Waals surface area contributed by atoms with Gasteiger partial charge in [-0.05, 0) is 25.1 Å². The second-order valence-corrected chi connectivity index (χ2v) is 4.99. The molecule has 1 heterocycles. The number of ether oxygens (including phenoxy) is 2. The molecule has 3 nitrogen and oxygen atoms in total. The Morgan fingerprint density at radius 2 is 2.05 bits per heavy atom. The van der Waals surface area contributed by atoms with Crippen LogP contribution in [-0.2, 0) is 12.5 Å². The van der Waals surface area contributed by atoms with Gasteiger partial charge in [-0.15, -0.1) is 11.6 Å². The third-order valence-corrected chi connectivity index (χ3v) is 3.28. The second-order valence-electron chi connectivity index (χ2n) is 4.29. The molecule has 0 aliphatic heterocycles. The van der Waals surface area contributed by atoms with Crippen LogP contribution in [-0.4, -0.2) is 12.1 Å². The van der Waals surface area contributed by atoms with Crippen LogP contribution in [0.15, 0.2) is 30.3 Å². The van der Waals surface area contributed by atoms with E-state index in [-0.39, 0.29) is 0 Å². The number of aryl methyl sites for hydroxylation is 1. The summed E-state index contributed by atoms with van der Waals surface area (Å²) in [7, 11) is 1.57. The van der Waals surface area contributed by atoms with E-state index in [1.165, 1.54) is 0 Å². The van der Waals surface area contributed by atoms with Gasteiger partial charge in [0.15, 0.2) is 11.5 Å². The summed E-state index contributed by atoms with van der Waals surface area (Å²) >= 11 is 11.9. The third-order valence-electron chi connectivity index (χ3n) is 2.77. The van der Waals surface area contributed by atoms with E-state index in [0.717, 1.165) is 17.0 Å². The molecule has 0 amide bonds. The maximum atomic E-state index is 6.01. The van der Waals surface area contributed by atoms with Crippen LogP contribution in [0.4, 0.5) is 0 Å². The van der Waals surface area contributed by atoms with E-state index < -0.39 is 0 Å². The summed E-state index contributed by atoms with van der Waals surface area (Å²) in [6.45, 7) is 2.29. The summed E-state index contributed by atoms with van der Waals surface area (Å²) in [4.78, 5) is 4.39. The number of halogens is 2. The van der Waals surface area contributed by atoms with Crippen molar-refractivity contribution < 1.29 is 9.47 Å². The number of rotatable bonds is 5. The van der Waals surface area contributed by atoms with Crippen molar-refractivity contribution in [3.05, 3.63) is 52.3 Å². The molecular weight excluding hydrogens is 297 g/mol. The van der Waals surface area contributed by atoms with Crippen LogP contribution in [0.1, 0.15) is 17.0 Å². The molecule has 5 heteroatoms. The number of hydrogen-bond donors (Lipinski definition) is 0. The fraction of sp³-hybridized carbons (Fsp3) is 0.267. The van der Waals surface area contributed by atoms with Gasteiger partial charge >= 0.3 is 0 Å². The van der Waals surface area contributed by atoms with Crippen molar-refractivity contribution in [2.24, 2.45) is 0 Å². The monoisotopic (exact) mass is 311 g/mol. The van der Waals surface area contributed by atoms with Gasteiger partial charge in [-0.25, -0.2) is 0 Å². The highest BCUT2D eigenvalue weighted by atomic mass is 35.5. The Bertz CT molecular complexity index is 577. The van der Waals surface area contributed by atoms with E-state index in [2.05, 4.69) is 4.98 Å². The molecule has 0 aliphatic carbocycles. The van der Waals surface area contributed by atoms with Crippen LogP contribution in [0.3, 0.4) is 0 Å². The molecule has 106 valence electrons. The molecular formula is C15H15Cl2NO2. The first-order valence-corrected chi connectivity index (χ1v) is 7.03. The van der Waals surface area contributed by atoms with Gasteiger partial charge in [0.25, 0.3) is 0 Å². The van der Waals surface area contributed by atoms with E-state index in [4.69, 9.17) is 32.7 Å². The Kier molecular flexibility index (Phi) is 5.10. The normalized spacial score (nSPS) is 10.4. The molecule has 0 fully saturated rings. The van der Waals surface area contributed by atoms with Gasteiger partial charge in [-0.1, -0.05) is 17.7 Å². The molecule has 0 unspecified atom stereocenters. The molecule has 0 atom stereocenters. The number of nitrogens with zero attached hydrogens (tertiary/aromatic N) is 1. The van der Waals surface area contributed by atoms with Gasteiger partial charge in [0.05, 0.1) is 18.7 Å². The minimum Gasteiger partial charge on any atom is -0.493 e. The number of alkyl halides is 1. The van der Waals surface area contributed by atoms with Crippen molar-refractivity contribution in [2.75, 3.05) is 7.11 Å². The highest BCUT2D eigenvalue weighted by Crippen LogP contribution is 2.36. The zero-order chi connectivity index (χ0) is 14.5. The molecule has 20 heavy (non-hydrogen) atoms. The van der Waals surface area contributed by atoms with Gasteiger partial charge < -0.3 is 9.47 Å². The molecule has 0 N–H and O–H groups in total. The quantitative estimate of drug-likeness (QED) is 0.768. The molecule has 0 aliphatic rings. The zero-order valence-corrected chi connectivity index (χ0v) is 12.8. The van der Waals surface area contributed by atoms with Crippen molar-refractivity contribution in [1.29, 1.82) is 0 Å². The molecule has 0 bridgehead atoms. The summed E-state index contributed by atoms with van der Waals surface area (Å²) in [5.41, 5.74) is 2.60. The molecule has 0 spiro atoms. The molecule has 0 saturated carbocycles. The fourth-order valence-electron chi connectivity index (χ4n) is 1.86. The summed E-state index contributed by atoms with van der Waals surface area (Å²) < 4.78 is 11.1. The lowest BCUT2D eigenvalue weighted by Crippen LogP contribution is -2.02. The maximum absolute atomic E-state index is 6.01. The van der Waals surface area contributed by atoms with Gasteiger partial charge in [0.1, 0.15) is 6.61 Å². The van der Waals surface area contributed by atoms with E-state index >= 15 is 0 Å². The van der Waals surface area contributed by atoms with Crippen molar-refractivity contribution >= 4 is 23.2 Å². The molecule has 1 aromatic carbocycles. The standard InChI is InChI=1S/C15H15Cl2NO2/c1-10-4-3-5-13(18-10)9-20-15-11(8-16)6-12(17)7-14(15)19-2/h3-7H,8-9H2,1-2H3. The van der Waals surface area contributed by atoms with Gasteiger partial charge in [-0.3, -0.25) is 4.98 Å². The number of hydrogen-bond acceptors (Lipinski definition) is 3. The second kappa shape index (κ2) is 6.82. The average Bonchev–Trinajstić information content (AvgIpc) is 2.45. The Hall–Kier alpha value is -1.45. The van der Waals surface area contributed by atoms with Gasteiger partial charge in [-0.2, -0.15) is 0 Å². The Labute approximate surface area is 128 Å². The molecule has 0 radical (unpaired) electrons. The average molecular weight is 312 g/mol. The summed E-state index contributed by atoms with van der Waals surface area (Å²) in [5, 5.41) is 0.568. The smallest absolute Gasteiger partial charge is 0.166 e. The summed E-state index contributed by atoms with van der Waals surface area (Å²) in [6.07, 6.45) is 0. The van der Waals surface area contributed by atoms with E-state index in [9.17, 15) is 0 Å². The lowest BCUT2D eigenvalue weighted by Gasteiger charge is -2.14. The van der Waals surface area contributed by atoms with Gasteiger partial charge in [0, 0.05) is 22.3 Å². The van der Waals surface area contributed by atoms with E-state index in [0.29, 0.717) is 29.0 Å². The minimum absolute atomic E-state index is 0.299. The topological polar surface area (TPSA) is 31.4 Å². The Balaban J connectivity index is 2.24. The number of aromatic nitrogens is 1. The largest absolute Gasteiger partial charge is 0.493 e. The van der Waals surface area contributed by atoms with Crippen LogP contribution >= 0.6 is 23.2 Å². The molecule has 1 aromatic heterocycles. The minimum atomic E-state index is 0.299. The van der Waals surface area contributed by atoms with Crippen molar-refractivity contribution in [3.8, 4) is 11.5 Å². The van der Waals surface area contributed by atoms with Crippen LogP contribution in [0.2, 0.25) is 5.02 Å². The van der Waals surface area contributed by atoms with Crippen LogP contribution in [0.5, 0.6) is 11.5 Å². The maximum Gasteiger partial charge on any atom is 0.166 e. The lowest BCUT2D eigenvalue weighted by atomic mass is 10.2. The first-order chi connectivity index (χ1) is 9.63. The molecule has 2 aromatic rings. The predicted octanol–water partition coefficient (Wildman–Crippen LogP) is 4.37. The fourth-order valence-corrected chi connectivity index (χ4v) is 2.29. The lowest BCUT2D eigenvalue weighted by molar-refractivity contribution is 0.278. The van der Waals surface area contributed by atoms with Crippen molar-refractivity contribution in [3.63, 3.8) is 0 Å². The first kappa shape index (κ1) is 14.9. The van der Waals surface area contributed by atoms with Crippen molar-refractivity contribution in [1.82, 2.24) is 4.98 Å². The summed E-state index contributed by atoms with van der Waals surface area (Å²) in [6, 6.07) is 9.28. The Morgan fingerprint density at radius 3 is 2.70 bits per heavy atom. The first-order valence-electron chi connectivity index (χ1n) is 6.11. The zero-order valence-electron chi connectivity index (χ0n) is 11.3. The SMILES string of the molecule is COc1cc(Cl)cc(CCl)c1OCc1cccc(C)n1. The summed E-state index contributed by atoms with van der Waals surface area (Å²) in [5.74, 6) is 1.48. The number of methoxy groups -OCH3 is 1. The predicted molar refractivity (Wildman–Crippen MR) is 80.9 cm³/mol. The van der Waals surface area contributed by atoms with E-state index in [1.54, 1.807) is 19.2 Å². The van der Waals surface area contributed by atoms with Gasteiger partial charge in [0.2, 0.25) is 0 Å². The number of benzene rings is 1. The Morgan fingerprint density at radius 1 is 1.25 bits per heavy atom.